The lowest BCUT2D eigenvalue weighted by Crippen LogP contribution is -2.46. The van der Waals surface area contributed by atoms with Crippen LogP contribution in [-0.2, 0) is 9.47 Å². The van der Waals surface area contributed by atoms with Gasteiger partial charge in [0.2, 0.25) is 0 Å². The predicted octanol–water partition coefficient (Wildman–Crippen LogP) is 2.84. The van der Waals surface area contributed by atoms with Gasteiger partial charge >= 0.3 is 0 Å². The van der Waals surface area contributed by atoms with Crippen LogP contribution in [0, 0.1) is 5.92 Å². The summed E-state index contributed by atoms with van der Waals surface area (Å²) in [6, 6.07) is 0.644. The standard InChI is InChI=1S/C16H29NO2S/c1-17-15(5-4-14-3-2-8-18-14)13-6-9-19-16(11-13)7-10-20-12-16/h13-15,17H,2-12H2,1H3. The van der Waals surface area contributed by atoms with Gasteiger partial charge in [-0.05, 0) is 63.7 Å². The van der Waals surface area contributed by atoms with Crippen molar-refractivity contribution in [1.29, 1.82) is 0 Å². The van der Waals surface area contributed by atoms with E-state index < -0.39 is 0 Å². The van der Waals surface area contributed by atoms with Gasteiger partial charge in [0.05, 0.1) is 11.7 Å². The maximum absolute atomic E-state index is 6.16. The van der Waals surface area contributed by atoms with Crippen LogP contribution in [0.2, 0.25) is 0 Å². The molecule has 0 aromatic rings. The normalized spacial score (nSPS) is 39.5. The molecule has 4 heteroatoms. The second-order valence-corrected chi connectivity index (χ2v) is 7.80. The Hall–Kier alpha value is 0.230. The third-order valence-corrected chi connectivity index (χ3v) is 6.58. The first-order valence-corrected chi connectivity index (χ1v) is 9.47. The van der Waals surface area contributed by atoms with E-state index in [-0.39, 0.29) is 5.60 Å². The van der Waals surface area contributed by atoms with Crippen molar-refractivity contribution in [3.63, 3.8) is 0 Å². The first-order chi connectivity index (χ1) is 9.81. The van der Waals surface area contributed by atoms with Gasteiger partial charge in [-0.15, -0.1) is 0 Å². The number of hydrogen-bond acceptors (Lipinski definition) is 4. The van der Waals surface area contributed by atoms with E-state index in [1.807, 2.05) is 0 Å². The van der Waals surface area contributed by atoms with Crippen LogP contribution in [0.25, 0.3) is 0 Å². The molecular formula is C16H29NO2S. The number of thioether (sulfide) groups is 1. The van der Waals surface area contributed by atoms with Gasteiger partial charge in [-0.1, -0.05) is 0 Å². The zero-order chi connectivity index (χ0) is 13.8. The third-order valence-electron chi connectivity index (χ3n) is 5.36. The van der Waals surface area contributed by atoms with E-state index in [2.05, 4.69) is 24.1 Å². The van der Waals surface area contributed by atoms with Crippen LogP contribution in [0.3, 0.4) is 0 Å². The van der Waals surface area contributed by atoms with Crippen LogP contribution >= 0.6 is 11.8 Å². The maximum Gasteiger partial charge on any atom is 0.0783 e. The molecule has 3 fully saturated rings. The highest BCUT2D eigenvalue weighted by atomic mass is 32.2. The van der Waals surface area contributed by atoms with E-state index in [1.165, 1.54) is 56.5 Å². The Kier molecular flexibility index (Phi) is 5.29. The average molecular weight is 299 g/mol. The number of ether oxygens (including phenoxy) is 2. The molecule has 4 unspecified atom stereocenters. The van der Waals surface area contributed by atoms with Crippen molar-refractivity contribution in [1.82, 2.24) is 5.32 Å². The molecule has 4 atom stereocenters. The molecule has 0 aromatic carbocycles. The minimum Gasteiger partial charge on any atom is -0.378 e. The van der Waals surface area contributed by atoms with Crippen LogP contribution < -0.4 is 5.32 Å². The summed E-state index contributed by atoms with van der Waals surface area (Å²) in [7, 11) is 2.13. The van der Waals surface area contributed by atoms with Crippen LogP contribution in [0.5, 0.6) is 0 Å². The number of rotatable bonds is 5. The molecule has 0 aromatic heterocycles. The first-order valence-electron chi connectivity index (χ1n) is 8.32. The molecule has 3 rings (SSSR count). The number of nitrogens with one attached hydrogen (secondary N) is 1. The van der Waals surface area contributed by atoms with Gasteiger partial charge in [0.25, 0.3) is 0 Å². The van der Waals surface area contributed by atoms with Gasteiger partial charge in [0, 0.05) is 25.0 Å². The SMILES string of the molecule is CNC(CCC1CCCO1)C1CCOC2(CCSC2)C1. The second-order valence-electron chi connectivity index (χ2n) is 6.69. The Morgan fingerprint density at radius 3 is 3.00 bits per heavy atom. The van der Waals surface area contributed by atoms with Crippen LogP contribution in [0.4, 0.5) is 0 Å². The van der Waals surface area contributed by atoms with E-state index in [0.717, 1.165) is 19.1 Å². The highest BCUT2D eigenvalue weighted by Crippen LogP contribution is 2.41. The first kappa shape index (κ1) is 15.1. The van der Waals surface area contributed by atoms with Gasteiger partial charge < -0.3 is 14.8 Å². The maximum atomic E-state index is 6.16. The molecule has 3 nitrogen and oxygen atoms in total. The Morgan fingerprint density at radius 1 is 1.35 bits per heavy atom. The molecule has 3 aliphatic rings. The highest BCUT2D eigenvalue weighted by molar-refractivity contribution is 7.99. The van der Waals surface area contributed by atoms with Crippen molar-refractivity contribution in [3.8, 4) is 0 Å². The molecule has 116 valence electrons. The third kappa shape index (κ3) is 3.52. The van der Waals surface area contributed by atoms with Gasteiger partial charge in [-0.25, -0.2) is 0 Å². The Labute approximate surface area is 127 Å². The van der Waals surface area contributed by atoms with Crippen molar-refractivity contribution < 1.29 is 9.47 Å². The molecule has 3 heterocycles. The average Bonchev–Trinajstić information content (AvgIpc) is 3.12. The smallest absolute Gasteiger partial charge is 0.0783 e. The summed E-state index contributed by atoms with van der Waals surface area (Å²) in [6.45, 7) is 1.94. The van der Waals surface area contributed by atoms with E-state index in [9.17, 15) is 0 Å². The largest absolute Gasteiger partial charge is 0.378 e. The van der Waals surface area contributed by atoms with E-state index >= 15 is 0 Å². The van der Waals surface area contributed by atoms with E-state index in [1.54, 1.807) is 0 Å². The lowest BCUT2D eigenvalue weighted by atomic mass is 9.79. The minimum atomic E-state index is 0.215. The summed E-state index contributed by atoms with van der Waals surface area (Å²) in [5, 5.41) is 3.58. The topological polar surface area (TPSA) is 30.5 Å². The van der Waals surface area contributed by atoms with Crippen molar-refractivity contribution >= 4 is 11.8 Å². The molecule has 20 heavy (non-hydrogen) atoms. The monoisotopic (exact) mass is 299 g/mol. The van der Waals surface area contributed by atoms with Crippen LogP contribution in [0.1, 0.15) is 44.9 Å². The highest BCUT2D eigenvalue weighted by Gasteiger charge is 2.42. The van der Waals surface area contributed by atoms with Crippen molar-refractivity contribution in [2.45, 2.75) is 62.7 Å². The fraction of sp³-hybridized carbons (Fsp3) is 1.00. The molecule has 3 aliphatic heterocycles. The van der Waals surface area contributed by atoms with Crippen molar-refractivity contribution in [2.24, 2.45) is 5.92 Å². The summed E-state index contributed by atoms with van der Waals surface area (Å²) < 4.78 is 11.9. The van der Waals surface area contributed by atoms with Gasteiger partial charge in [-0.2, -0.15) is 11.8 Å². The van der Waals surface area contributed by atoms with Crippen LogP contribution in [0.15, 0.2) is 0 Å². The molecule has 1 N–H and O–H groups in total. The molecule has 1 spiro atoms. The van der Waals surface area contributed by atoms with Crippen LogP contribution in [-0.4, -0.2) is 49.5 Å². The molecule has 0 saturated carbocycles. The molecule has 0 radical (unpaired) electrons. The lowest BCUT2D eigenvalue weighted by Gasteiger charge is -2.41. The number of hydrogen-bond donors (Lipinski definition) is 1. The van der Waals surface area contributed by atoms with E-state index in [4.69, 9.17) is 9.47 Å². The summed E-state index contributed by atoms with van der Waals surface area (Å²) in [6.07, 6.45) is 9.29. The van der Waals surface area contributed by atoms with Gasteiger partial charge in [-0.3, -0.25) is 0 Å². The molecule has 0 aliphatic carbocycles. The molecule has 0 bridgehead atoms. The minimum absolute atomic E-state index is 0.215. The quantitative estimate of drug-likeness (QED) is 0.845. The van der Waals surface area contributed by atoms with Crippen molar-refractivity contribution in [3.05, 3.63) is 0 Å². The Morgan fingerprint density at radius 2 is 2.30 bits per heavy atom. The summed E-state index contributed by atoms with van der Waals surface area (Å²) in [5.41, 5.74) is 0.215. The van der Waals surface area contributed by atoms with E-state index in [0.29, 0.717) is 12.1 Å². The fourth-order valence-corrected chi connectivity index (χ4v) is 5.50. The Bertz CT molecular complexity index is 301. The summed E-state index contributed by atoms with van der Waals surface area (Å²) >= 11 is 2.07. The lowest BCUT2D eigenvalue weighted by molar-refractivity contribution is -0.0856. The van der Waals surface area contributed by atoms with Crippen molar-refractivity contribution in [2.75, 3.05) is 31.8 Å². The van der Waals surface area contributed by atoms with Gasteiger partial charge in [0.1, 0.15) is 0 Å². The summed E-state index contributed by atoms with van der Waals surface area (Å²) in [4.78, 5) is 0. The fourth-order valence-electron chi connectivity index (χ4n) is 4.13. The molecule has 0 amide bonds. The van der Waals surface area contributed by atoms with Gasteiger partial charge in [0.15, 0.2) is 0 Å². The molecule has 3 saturated heterocycles. The molecular weight excluding hydrogens is 270 g/mol. The Balaban J connectivity index is 1.51. The summed E-state index contributed by atoms with van der Waals surface area (Å²) in [5.74, 6) is 3.28. The zero-order valence-electron chi connectivity index (χ0n) is 12.7. The second kappa shape index (κ2) is 6.99. The predicted molar refractivity (Wildman–Crippen MR) is 84.4 cm³/mol. The zero-order valence-corrected chi connectivity index (χ0v) is 13.6.